The highest BCUT2D eigenvalue weighted by Crippen LogP contribution is 2.23. The minimum atomic E-state index is -3.69. The molecule has 1 amide bonds. The molecule has 8 nitrogen and oxygen atoms in total. The first kappa shape index (κ1) is 23.2. The first-order valence-corrected chi connectivity index (χ1v) is 12.1. The summed E-state index contributed by atoms with van der Waals surface area (Å²) in [5.74, 6) is -0.247. The summed E-state index contributed by atoms with van der Waals surface area (Å²) < 4.78 is 28.7. The van der Waals surface area contributed by atoms with Crippen molar-refractivity contribution in [2.45, 2.75) is 24.8 Å². The van der Waals surface area contributed by atoms with E-state index in [1.54, 1.807) is 59.5 Å². The minimum absolute atomic E-state index is 0.214. The highest BCUT2D eigenvalue weighted by Gasteiger charge is 2.21. The molecule has 1 unspecified atom stereocenters. The molecule has 0 aliphatic carbocycles. The van der Waals surface area contributed by atoms with Crippen molar-refractivity contribution in [3.8, 4) is 5.69 Å². The molecule has 4 rings (SSSR count). The third-order valence-electron chi connectivity index (χ3n) is 5.60. The Kier molecular flexibility index (Phi) is 6.47. The van der Waals surface area contributed by atoms with E-state index in [-0.39, 0.29) is 16.8 Å². The van der Waals surface area contributed by atoms with Crippen molar-refractivity contribution in [3.63, 3.8) is 0 Å². The zero-order valence-electron chi connectivity index (χ0n) is 19.1. The van der Waals surface area contributed by atoms with E-state index in [2.05, 4.69) is 15.4 Å². The molecular weight excluding hydrogens is 450 g/mol. The van der Waals surface area contributed by atoms with E-state index >= 15 is 0 Å². The molecule has 1 aromatic heterocycles. The van der Waals surface area contributed by atoms with Crippen LogP contribution < -0.4 is 9.62 Å². The Morgan fingerprint density at radius 2 is 1.62 bits per heavy atom. The van der Waals surface area contributed by atoms with Gasteiger partial charge in [0.25, 0.3) is 15.9 Å². The quantitative estimate of drug-likeness (QED) is 0.437. The van der Waals surface area contributed by atoms with Crippen molar-refractivity contribution in [2.75, 3.05) is 11.4 Å². The molecule has 0 fully saturated rings. The molecule has 0 spiro atoms. The van der Waals surface area contributed by atoms with Gasteiger partial charge >= 0.3 is 0 Å². The Balaban J connectivity index is 1.43. The molecule has 0 bridgehead atoms. The van der Waals surface area contributed by atoms with E-state index in [1.165, 1.54) is 17.7 Å². The van der Waals surface area contributed by atoms with Crippen LogP contribution in [0.2, 0.25) is 0 Å². The number of nitrogens with zero attached hydrogens (tertiary/aromatic N) is 4. The summed E-state index contributed by atoms with van der Waals surface area (Å²) in [6, 6.07) is 20.6. The third kappa shape index (κ3) is 4.84. The van der Waals surface area contributed by atoms with E-state index in [0.29, 0.717) is 11.3 Å². The van der Waals surface area contributed by atoms with Gasteiger partial charge in [-0.15, -0.1) is 0 Å². The fourth-order valence-electron chi connectivity index (χ4n) is 3.45. The Morgan fingerprint density at radius 1 is 0.971 bits per heavy atom. The molecule has 1 atom stereocenters. The SMILES string of the molecule is Cc1ccc(S(=O)(=O)N(C)c2ccc(C(=O)NC(C)c3ccc(-n4cncn4)cc3)cc2)cc1. The normalized spacial score (nSPS) is 12.2. The second kappa shape index (κ2) is 9.48. The molecule has 0 radical (unpaired) electrons. The van der Waals surface area contributed by atoms with Gasteiger partial charge in [-0.2, -0.15) is 5.10 Å². The van der Waals surface area contributed by atoms with Crippen molar-refractivity contribution in [3.05, 3.63) is 102 Å². The first-order chi connectivity index (χ1) is 16.3. The number of carbonyl (C=O) groups is 1. The lowest BCUT2D eigenvalue weighted by molar-refractivity contribution is 0.0940. The molecule has 1 heterocycles. The van der Waals surface area contributed by atoms with Crippen molar-refractivity contribution in [1.82, 2.24) is 20.1 Å². The molecule has 3 aromatic carbocycles. The third-order valence-corrected chi connectivity index (χ3v) is 7.40. The van der Waals surface area contributed by atoms with Crippen LogP contribution in [0.1, 0.15) is 34.5 Å². The van der Waals surface area contributed by atoms with Gasteiger partial charge in [-0.1, -0.05) is 29.8 Å². The van der Waals surface area contributed by atoms with Crippen LogP contribution in [-0.2, 0) is 10.0 Å². The van der Waals surface area contributed by atoms with Gasteiger partial charge in [-0.25, -0.2) is 18.1 Å². The van der Waals surface area contributed by atoms with Crippen molar-refractivity contribution in [1.29, 1.82) is 0 Å². The summed E-state index contributed by atoms with van der Waals surface area (Å²) in [6.07, 6.45) is 3.09. The Hall–Kier alpha value is -3.98. The number of rotatable bonds is 7. The van der Waals surface area contributed by atoms with Crippen LogP contribution in [0.25, 0.3) is 5.69 Å². The van der Waals surface area contributed by atoms with Crippen LogP contribution >= 0.6 is 0 Å². The standard InChI is InChI=1S/C25H25N5O3S/c1-18-4-14-24(15-5-18)34(32,33)29(3)22-10-8-21(9-11-22)25(31)28-19(2)20-6-12-23(13-7-20)30-17-26-16-27-30/h4-17,19H,1-3H3,(H,28,31). The fraction of sp³-hybridized carbons (Fsp3) is 0.160. The first-order valence-electron chi connectivity index (χ1n) is 10.7. The van der Waals surface area contributed by atoms with E-state index < -0.39 is 10.0 Å². The van der Waals surface area contributed by atoms with Crippen LogP contribution in [0.4, 0.5) is 5.69 Å². The number of anilines is 1. The van der Waals surface area contributed by atoms with E-state index in [0.717, 1.165) is 16.8 Å². The van der Waals surface area contributed by atoms with Gasteiger partial charge in [0.1, 0.15) is 12.7 Å². The number of aryl methyl sites for hydroxylation is 1. The van der Waals surface area contributed by atoms with Gasteiger partial charge in [0, 0.05) is 12.6 Å². The van der Waals surface area contributed by atoms with Gasteiger partial charge in [-0.3, -0.25) is 9.10 Å². The smallest absolute Gasteiger partial charge is 0.264 e. The summed E-state index contributed by atoms with van der Waals surface area (Å²) in [5, 5.41) is 7.07. The summed E-state index contributed by atoms with van der Waals surface area (Å²) in [6.45, 7) is 3.80. The second-order valence-electron chi connectivity index (χ2n) is 7.96. The molecular formula is C25H25N5O3S. The largest absolute Gasteiger partial charge is 0.346 e. The predicted molar refractivity (Wildman–Crippen MR) is 130 cm³/mol. The number of nitrogens with one attached hydrogen (secondary N) is 1. The lowest BCUT2D eigenvalue weighted by Crippen LogP contribution is -2.28. The molecule has 174 valence electrons. The molecule has 0 saturated heterocycles. The topological polar surface area (TPSA) is 97.2 Å². The fourth-order valence-corrected chi connectivity index (χ4v) is 4.65. The maximum atomic E-state index is 12.9. The minimum Gasteiger partial charge on any atom is -0.346 e. The average molecular weight is 476 g/mol. The molecule has 0 aliphatic rings. The molecule has 1 N–H and O–H groups in total. The van der Waals surface area contributed by atoms with E-state index in [9.17, 15) is 13.2 Å². The Morgan fingerprint density at radius 3 is 2.21 bits per heavy atom. The second-order valence-corrected chi connectivity index (χ2v) is 9.93. The number of hydrogen-bond acceptors (Lipinski definition) is 5. The number of sulfonamides is 1. The zero-order valence-corrected chi connectivity index (χ0v) is 19.9. The summed E-state index contributed by atoms with van der Waals surface area (Å²) in [5.41, 5.74) is 3.71. The maximum Gasteiger partial charge on any atom is 0.264 e. The summed E-state index contributed by atoms with van der Waals surface area (Å²) in [4.78, 5) is 16.9. The zero-order chi connectivity index (χ0) is 24.3. The van der Waals surface area contributed by atoms with Crippen LogP contribution in [0.5, 0.6) is 0 Å². The van der Waals surface area contributed by atoms with Crippen LogP contribution in [0.15, 0.2) is 90.3 Å². The number of aromatic nitrogens is 3. The molecule has 0 aliphatic heterocycles. The van der Waals surface area contributed by atoms with Gasteiger partial charge < -0.3 is 5.32 Å². The van der Waals surface area contributed by atoms with Crippen molar-refractivity contribution >= 4 is 21.6 Å². The summed E-state index contributed by atoms with van der Waals surface area (Å²) >= 11 is 0. The Labute approximate surface area is 198 Å². The number of amides is 1. The van der Waals surface area contributed by atoms with Gasteiger partial charge in [0.05, 0.1) is 22.3 Å². The van der Waals surface area contributed by atoms with E-state index in [4.69, 9.17) is 0 Å². The Bertz CT molecular complexity index is 1370. The molecule has 0 saturated carbocycles. The van der Waals surface area contributed by atoms with Crippen LogP contribution in [0, 0.1) is 6.92 Å². The number of benzene rings is 3. The van der Waals surface area contributed by atoms with Crippen LogP contribution in [0.3, 0.4) is 0 Å². The molecule has 4 aromatic rings. The highest BCUT2D eigenvalue weighted by atomic mass is 32.2. The van der Waals surface area contributed by atoms with E-state index in [1.807, 2.05) is 38.1 Å². The molecule has 34 heavy (non-hydrogen) atoms. The number of hydrogen-bond donors (Lipinski definition) is 1. The lowest BCUT2D eigenvalue weighted by atomic mass is 10.1. The van der Waals surface area contributed by atoms with Crippen molar-refractivity contribution < 1.29 is 13.2 Å². The van der Waals surface area contributed by atoms with Crippen molar-refractivity contribution in [2.24, 2.45) is 0 Å². The van der Waals surface area contributed by atoms with Gasteiger partial charge in [-0.05, 0) is 67.9 Å². The predicted octanol–water partition coefficient (Wildman–Crippen LogP) is 3.89. The van der Waals surface area contributed by atoms with Gasteiger partial charge in [0.2, 0.25) is 0 Å². The highest BCUT2D eigenvalue weighted by molar-refractivity contribution is 7.92. The molecule has 9 heteroatoms. The number of carbonyl (C=O) groups excluding carboxylic acids is 1. The summed E-state index contributed by atoms with van der Waals surface area (Å²) in [7, 11) is -2.20. The van der Waals surface area contributed by atoms with Gasteiger partial charge in [0.15, 0.2) is 0 Å². The lowest BCUT2D eigenvalue weighted by Gasteiger charge is -2.20. The van der Waals surface area contributed by atoms with Crippen LogP contribution in [-0.4, -0.2) is 36.1 Å². The monoisotopic (exact) mass is 475 g/mol. The maximum absolute atomic E-state index is 12.9. The average Bonchev–Trinajstić information content (AvgIpc) is 3.39.